The van der Waals surface area contributed by atoms with Crippen LogP contribution in [-0.4, -0.2) is 22.1 Å². The Morgan fingerprint density at radius 3 is 2.75 bits per heavy atom. The Kier molecular flexibility index (Phi) is 6.25. The molecule has 32 heavy (non-hydrogen) atoms. The average Bonchev–Trinajstić information content (AvgIpc) is 3.46. The highest BCUT2D eigenvalue weighted by molar-refractivity contribution is 5.96. The number of rotatable bonds is 8. The average molecular weight is 436 g/mol. The van der Waals surface area contributed by atoms with E-state index in [1.54, 1.807) is 29.8 Å². The van der Waals surface area contributed by atoms with E-state index < -0.39 is 12.0 Å². The summed E-state index contributed by atoms with van der Waals surface area (Å²) in [5, 5.41) is 15.1. The third-order valence-electron chi connectivity index (χ3n) is 5.32. The minimum absolute atomic E-state index is 0.0664. The normalized spacial score (nSPS) is 12.2. The number of aryl methyl sites for hydroxylation is 2. The van der Waals surface area contributed by atoms with Crippen LogP contribution in [0.1, 0.15) is 39.1 Å². The second kappa shape index (κ2) is 9.25. The number of amides is 1. The van der Waals surface area contributed by atoms with Crippen LogP contribution in [0.15, 0.2) is 68.6 Å². The van der Waals surface area contributed by atoms with Crippen molar-refractivity contribution in [1.29, 1.82) is 0 Å². The third-order valence-corrected chi connectivity index (χ3v) is 5.32. The Morgan fingerprint density at radius 2 is 2.03 bits per heavy atom. The minimum Gasteiger partial charge on any atom is -0.466 e. The molecule has 1 amide bonds. The number of furan rings is 2. The van der Waals surface area contributed by atoms with Gasteiger partial charge in [-0.1, -0.05) is 29.8 Å². The highest BCUT2D eigenvalue weighted by Crippen LogP contribution is 2.16. The van der Waals surface area contributed by atoms with E-state index in [-0.39, 0.29) is 11.0 Å². The van der Waals surface area contributed by atoms with Crippen LogP contribution in [0.4, 0.5) is 0 Å². The van der Waals surface area contributed by atoms with Crippen LogP contribution in [0.3, 0.4) is 0 Å². The fraction of sp³-hybridized carbons (Fsp3) is 0.250. The second-order valence-electron chi connectivity index (χ2n) is 7.84. The lowest BCUT2D eigenvalue weighted by molar-refractivity contribution is -0.679. The summed E-state index contributed by atoms with van der Waals surface area (Å²) in [6, 6.07) is 12.9. The summed E-state index contributed by atoms with van der Waals surface area (Å²) in [5.41, 5.74) is 2.20. The highest BCUT2D eigenvalue weighted by atomic mass is 16.4. The lowest BCUT2D eigenvalue weighted by Gasteiger charge is -2.07. The maximum atomic E-state index is 12.9. The molecule has 0 radical (unpaired) electrons. The first-order chi connectivity index (χ1) is 15.4. The molecule has 0 aliphatic carbocycles. The van der Waals surface area contributed by atoms with E-state index in [1.807, 2.05) is 36.5 Å². The number of nitrogens with zero attached hydrogens (tertiary/aromatic N) is 1. The lowest BCUT2D eigenvalue weighted by Crippen LogP contribution is -2.83. The van der Waals surface area contributed by atoms with Gasteiger partial charge in [0.2, 0.25) is 11.1 Å². The molecule has 0 saturated carbocycles. The molecular weight excluding hydrogens is 410 g/mol. The van der Waals surface area contributed by atoms with Crippen LogP contribution in [0, 0.1) is 6.92 Å². The van der Waals surface area contributed by atoms with Gasteiger partial charge in [-0.2, -0.15) is 0 Å². The van der Waals surface area contributed by atoms with Crippen LogP contribution in [-0.2, 0) is 20.1 Å². The summed E-state index contributed by atoms with van der Waals surface area (Å²) in [6.07, 6.45) is 2.28. The zero-order valence-corrected chi connectivity index (χ0v) is 18.0. The number of fused-ring (bicyclic) bond motifs is 1. The van der Waals surface area contributed by atoms with E-state index in [0.29, 0.717) is 42.3 Å². The van der Waals surface area contributed by atoms with E-state index in [0.717, 1.165) is 11.1 Å². The molecule has 0 fully saturated rings. The number of hydrogen-bond donors (Lipinski definition) is 3. The van der Waals surface area contributed by atoms with Gasteiger partial charge in [-0.15, -0.1) is 0 Å². The smallest absolute Gasteiger partial charge is 0.257 e. The molecule has 4 rings (SSSR count). The van der Waals surface area contributed by atoms with Gasteiger partial charge in [0.25, 0.3) is 5.91 Å². The Balaban J connectivity index is 1.45. The number of aromatic nitrogens is 1. The largest absolute Gasteiger partial charge is 0.466 e. The summed E-state index contributed by atoms with van der Waals surface area (Å²) in [7, 11) is 1.73. The van der Waals surface area contributed by atoms with Crippen molar-refractivity contribution < 1.29 is 24.1 Å². The van der Waals surface area contributed by atoms with Crippen LogP contribution in [0.25, 0.3) is 11.1 Å². The molecule has 0 aliphatic rings. The topological polar surface area (TPSA) is 114 Å². The Hall–Kier alpha value is -3.62. The molecule has 8 nitrogen and oxygen atoms in total. The van der Waals surface area contributed by atoms with Gasteiger partial charge in [0, 0.05) is 19.8 Å². The minimum atomic E-state index is -0.732. The fourth-order valence-electron chi connectivity index (χ4n) is 3.54. The molecule has 1 aromatic carbocycles. The lowest BCUT2D eigenvalue weighted by atomic mass is 10.1. The van der Waals surface area contributed by atoms with Gasteiger partial charge >= 0.3 is 0 Å². The Bertz CT molecular complexity index is 1270. The predicted octanol–water partition coefficient (Wildman–Crippen LogP) is 1.76. The number of nitrogens with one attached hydrogen (secondary N) is 1. The number of hydrogen-bond acceptors (Lipinski definition) is 5. The van der Waals surface area contributed by atoms with E-state index in [9.17, 15) is 14.7 Å². The van der Waals surface area contributed by atoms with Gasteiger partial charge in [-0.25, -0.2) is 0 Å². The number of aliphatic hydroxyl groups is 1. The summed E-state index contributed by atoms with van der Waals surface area (Å²) in [5.74, 6) is 0.654. The summed E-state index contributed by atoms with van der Waals surface area (Å²) < 4.78 is 12.7. The van der Waals surface area contributed by atoms with Gasteiger partial charge in [0.15, 0.2) is 11.9 Å². The standard InChI is InChI=1S/C24H25N3O5/c1-15-5-7-16(8-6-15)11-26-23(30)19-14-27(2)24-18(22(19)29)10-17(32-24)12-25-13-20(28)21-4-3-9-31-21/h3-10,14,20,25,28H,11-13H2,1-2H3,(H,26,30)/p+1. The molecule has 3 heterocycles. The van der Waals surface area contributed by atoms with Crippen LogP contribution < -0.4 is 16.1 Å². The molecule has 0 bridgehead atoms. The second-order valence-corrected chi connectivity index (χ2v) is 7.84. The van der Waals surface area contributed by atoms with Crippen molar-refractivity contribution in [3.63, 3.8) is 0 Å². The monoisotopic (exact) mass is 436 g/mol. The van der Waals surface area contributed by atoms with Crippen molar-refractivity contribution in [2.75, 3.05) is 6.54 Å². The molecule has 1 atom stereocenters. The summed E-state index contributed by atoms with van der Waals surface area (Å²) in [6.45, 7) is 3.15. The van der Waals surface area contributed by atoms with Crippen molar-refractivity contribution in [3.8, 4) is 0 Å². The van der Waals surface area contributed by atoms with Crippen molar-refractivity contribution in [2.24, 2.45) is 7.05 Å². The molecule has 166 valence electrons. The van der Waals surface area contributed by atoms with E-state index >= 15 is 0 Å². The van der Waals surface area contributed by atoms with Gasteiger partial charge < -0.3 is 29.1 Å². The van der Waals surface area contributed by atoms with E-state index in [2.05, 4.69) is 5.32 Å². The molecule has 0 saturated heterocycles. The predicted molar refractivity (Wildman–Crippen MR) is 118 cm³/mol. The van der Waals surface area contributed by atoms with Gasteiger partial charge in [0.05, 0.1) is 11.6 Å². The Morgan fingerprint density at radius 1 is 1.25 bits per heavy atom. The maximum Gasteiger partial charge on any atom is 0.257 e. The molecule has 1 unspecified atom stereocenters. The molecule has 4 aromatic rings. The first-order valence-electron chi connectivity index (χ1n) is 10.4. The molecule has 3 aromatic heterocycles. The first kappa shape index (κ1) is 21.6. The molecule has 4 N–H and O–H groups in total. The number of carbonyl (C=O) groups is 1. The maximum absolute atomic E-state index is 12.9. The number of benzene rings is 1. The van der Waals surface area contributed by atoms with Crippen molar-refractivity contribution in [3.05, 3.63) is 93.4 Å². The zero-order chi connectivity index (χ0) is 22.7. The molecule has 0 aliphatic heterocycles. The molecule has 0 spiro atoms. The van der Waals surface area contributed by atoms with E-state index in [4.69, 9.17) is 8.83 Å². The molecule has 8 heteroatoms. The van der Waals surface area contributed by atoms with Crippen LogP contribution in [0.2, 0.25) is 0 Å². The number of aliphatic hydroxyl groups excluding tert-OH is 1. The number of nitrogens with two attached hydrogens (primary N) is 1. The van der Waals surface area contributed by atoms with E-state index in [1.165, 1.54) is 12.5 Å². The van der Waals surface area contributed by atoms with Crippen molar-refractivity contribution >= 4 is 17.0 Å². The molecular formula is C24H26N3O5+. The summed E-state index contributed by atoms with van der Waals surface area (Å²) >= 11 is 0. The van der Waals surface area contributed by atoms with Crippen molar-refractivity contribution in [2.45, 2.75) is 26.1 Å². The number of carbonyl (C=O) groups excluding carboxylic acids is 1. The number of pyridine rings is 1. The SMILES string of the molecule is Cc1ccc(CNC(=O)c2cn(C)c3oc(C[NH2+]CC(O)c4ccco4)cc3c2=O)cc1. The quantitative estimate of drug-likeness (QED) is 0.389. The van der Waals surface area contributed by atoms with Gasteiger partial charge in [0.1, 0.15) is 24.4 Å². The van der Waals surface area contributed by atoms with Crippen LogP contribution >= 0.6 is 0 Å². The van der Waals surface area contributed by atoms with Crippen LogP contribution in [0.5, 0.6) is 0 Å². The summed E-state index contributed by atoms with van der Waals surface area (Å²) in [4.78, 5) is 25.6. The zero-order valence-electron chi connectivity index (χ0n) is 18.0. The Labute approximate surface area is 184 Å². The van der Waals surface area contributed by atoms with Crippen molar-refractivity contribution in [1.82, 2.24) is 9.88 Å². The first-order valence-corrected chi connectivity index (χ1v) is 10.4. The van der Waals surface area contributed by atoms with Gasteiger partial charge in [-0.05, 0) is 30.7 Å². The highest BCUT2D eigenvalue weighted by Gasteiger charge is 2.19. The number of quaternary nitrogens is 1. The third kappa shape index (κ3) is 4.66. The fourth-order valence-corrected chi connectivity index (χ4v) is 3.54. The van der Waals surface area contributed by atoms with Gasteiger partial charge in [-0.3, -0.25) is 9.59 Å².